The van der Waals surface area contributed by atoms with Crippen molar-refractivity contribution in [3.63, 3.8) is 0 Å². The first-order chi connectivity index (χ1) is 7.49. The molecule has 2 N–H and O–H groups in total. The van der Waals surface area contributed by atoms with Gasteiger partial charge in [0.25, 0.3) is 0 Å². The molecule has 2 atom stereocenters. The predicted molar refractivity (Wildman–Crippen MR) is 71.6 cm³/mol. The fraction of sp³-hybridized carbons (Fsp3) is 0.467. The maximum atomic E-state index is 6.07. The second-order valence-electron chi connectivity index (χ2n) is 4.96. The van der Waals surface area contributed by atoms with Crippen LogP contribution in [0.2, 0.25) is 0 Å². The third kappa shape index (κ3) is 4.19. The van der Waals surface area contributed by atoms with E-state index in [0.717, 1.165) is 6.42 Å². The minimum atomic E-state index is 0.168. The summed E-state index contributed by atoms with van der Waals surface area (Å²) in [6, 6.07) is 8.90. The van der Waals surface area contributed by atoms with Crippen LogP contribution >= 0.6 is 0 Å². The van der Waals surface area contributed by atoms with Gasteiger partial charge in [-0.15, -0.1) is 0 Å². The van der Waals surface area contributed by atoms with Crippen LogP contribution in [-0.4, -0.2) is 6.04 Å². The maximum Gasteiger partial charge on any atom is 0.0231 e. The lowest BCUT2D eigenvalue weighted by Crippen LogP contribution is -2.19. The number of aryl methyl sites for hydroxylation is 1. The Balaban J connectivity index is 2.62. The highest BCUT2D eigenvalue weighted by atomic mass is 14.6. The topological polar surface area (TPSA) is 26.0 Å². The van der Waals surface area contributed by atoms with E-state index in [0.29, 0.717) is 5.92 Å². The summed E-state index contributed by atoms with van der Waals surface area (Å²) in [5, 5.41) is 0. The summed E-state index contributed by atoms with van der Waals surface area (Å²) >= 11 is 0. The normalized spacial score (nSPS) is 14.3. The van der Waals surface area contributed by atoms with Gasteiger partial charge in [-0.25, -0.2) is 0 Å². The number of allylic oxidation sites excluding steroid dienone is 1. The second kappa shape index (κ2) is 5.86. The zero-order valence-electron chi connectivity index (χ0n) is 10.8. The van der Waals surface area contributed by atoms with E-state index >= 15 is 0 Å². The van der Waals surface area contributed by atoms with Gasteiger partial charge in [0.2, 0.25) is 0 Å². The zero-order chi connectivity index (χ0) is 12.1. The van der Waals surface area contributed by atoms with Gasteiger partial charge in [-0.1, -0.05) is 48.4 Å². The SMILES string of the molecule is CC(C)=C[C@H](N)C[C@H](C)c1ccc(C)cc1. The molecule has 0 aromatic heterocycles. The van der Waals surface area contributed by atoms with Crippen molar-refractivity contribution in [1.82, 2.24) is 0 Å². The Labute approximate surface area is 99.4 Å². The number of hydrogen-bond acceptors (Lipinski definition) is 1. The largest absolute Gasteiger partial charge is 0.324 e. The average molecular weight is 217 g/mol. The molecule has 0 aliphatic rings. The molecule has 0 saturated carbocycles. The Morgan fingerprint density at radius 1 is 1.25 bits per heavy atom. The number of rotatable bonds is 4. The van der Waals surface area contributed by atoms with E-state index in [1.165, 1.54) is 16.7 Å². The third-order valence-electron chi connectivity index (χ3n) is 2.82. The van der Waals surface area contributed by atoms with E-state index in [1.807, 2.05) is 0 Å². The molecule has 88 valence electrons. The van der Waals surface area contributed by atoms with Gasteiger partial charge in [0.15, 0.2) is 0 Å². The molecule has 1 aromatic rings. The molecule has 0 spiro atoms. The Kier molecular flexibility index (Phi) is 4.75. The van der Waals surface area contributed by atoms with Crippen LogP contribution in [0.25, 0.3) is 0 Å². The van der Waals surface area contributed by atoms with E-state index in [9.17, 15) is 0 Å². The fourth-order valence-corrected chi connectivity index (χ4v) is 1.94. The lowest BCUT2D eigenvalue weighted by molar-refractivity contribution is 0.620. The van der Waals surface area contributed by atoms with Crippen LogP contribution in [-0.2, 0) is 0 Å². The quantitative estimate of drug-likeness (QED) is 0.763. The summed E-state index contributed by atoms with van der Waals surface area (Å²) in [4.78, 5) is 0. The highest BCUT2D eigenvalue weighted by molar-refractivity contribution is 5.24. The van der Waals surface area contributed by atoms with Crippen LogP contribution in [0.5, 0.6) is 0 Å². The first kappa shape index (κ1) is 13.0. The first-order valence-electron chi connectivity index (χ1n) is 5.96. The van der Waals surface area contributed by atoms with Crippen LogP contribution in [0.4, 0.5) is 0 Å². The highest BCUT2D eigenvalue weighted by Gasteiger charge is 2.09. The van der Waals surface area contributed by atoms with E-state index in [-0.39, 0.29) is 6.04 Å². The lowest BCUT2D eigenvalue weighted by Gasteiger charge is -2.15. The van der Waals surface area contributed by atoms with Crippen molar-refractivity contribution < 1.29 is 0 Å². The summed E-state index contributed by atoms with van der Waals surface area (Å²) in [6.07, 6.45) is 3.15. The van der Waals surface area contributed by atoms with Crippen molar-refractivity contribution in [1.29, 1.82) is 0 Å². The minimum absolute atomic E-state index is 0.168. The molecule has 0 aliphatic heterocycles. The van der Waals surface area contributed by atoms with Crippen molar-refractivity contribution in [3.8, 4) is 0 Å². The van der Waals surface area contributed by atoms with Crippen LogP contribution in [0.3, 0.4) is 0 Å². The standard InChI is InChI=1S/C15H23N/c1-11(2)9-15(16)10-13(4)14-7-5-12(3)6-8-14/h5-9,13,15H,10,16H2,1-4H3/t13-,15-/m0/s1. The molecule has 16 heavy (non-hydrogen) atoms. The summed E-state index contributed by atoms with van der Waals surface area (Å²) in [5.41, 5.74) is 10.0. The third-order valence-corrected chi connectivity index (χ3v) is 2.82. The molecule has 1 aromatic carbocycles. The van der Waals surface area contributed by atoms with Gasteiger partial charge in [-0.05, 0) is 38.7 Å². The molecule has 1 heteroatoms. The van der Waals surface area contributed by atoms with Gasteiger partial charge in [0.1, 0.15) is 0 Å². The molecule has 0 aliphatic carbocycles. The second-order valence-corrected chi connectivity index (χ2v) is 4.96. The van der Waals surface area contributed by atoms with Crippen molar-refractivity contribution in [2.45, 2.75) is 46.1 Å². The molecule has 1 rings (SSSR count). The van der Waals surface area contributed by atoms with Crippen LogP contribution < -0.4 is 5.73 Å². The zero-order valence-corrected chi connectivity index (χ0v) is 10.8. The smallest absolute Gasteiger partial charge is 0.0231 e. The van der Waals surface area contributed by atoms with Gasteiger partial charge in [0, 0.05) is 6.04 Å². The monoisotopic (exact) mass is 217 g/mol. The highest BCUT2D eigenvalue weighted by Crippen LogP contribution is 2.21. The van der Waals surface area contributed by atoms with Gasteiger partial charge in [-0.3, -0.25) is 0 Å². The summed E-state index contributed by atoms with van der Waals surface area (Å²) in [7, 11) is 0. The van der Waals surface area contributed by atoms with Crippen molar-refractivity contribution in [2.24, 2.45) is 5.73 Å². The Bertz CT molecular complexity index is 344. The number of nitrogens with two attached hydrogens (primary N) is 1. The van der Waals surface area contributed by atoms with Gasteiger partial charge >= 0.3 is 0 Å². The van der Waals surface area contributed by atoms with E-state index in [1.54, 1.807) is 0 Å². The molecular formula is C15H23N. The molecule has 1 nitrogen and oxygen atoms in total. The predicted octanol–water partition coefficient (Wildman–Crippen LogP) is 3.78. The lowest BCUT2D eigenvalue weighted by atomic mass is 9.93. The summed E-state index contributed by atoms with van der Waals surface area (Å²) in [5.74, 6) is 0.520. The maximum absolute atomic E-state index is 6.07. The van der Waals surface area contributed by atoms with Crippen LogP contribution in [0.1, 0.15) is 44.2 Å². The summed E-state index contributed by atoms with van der Waals surface area (Å²) < 4.78 is 0. The van der Waals surface area contributed by atoms with E-state index < -0.39 is 0 Å². The molecule has 0 saturated heterocycles. The van der Waals surface area contributed by atoms with Crippen molar-refractivity contribution in [2.75, 3.05) is 0 Å². The van der Waals surface area contributed by atoms with E-state index in [4.69, 9.17) is 5.73 Å². The molecule has 0 bridgehead atoms. The Hall–Kier alpha value is -1.08. The minimum Gasteiger partial charge on any atom is -0.324 e. The van der Waals surface area contributed by atoms with Gasteiger partial charge in [-0.2, -0.15) is 0 Å². The molecule has 0 heterocycles. The Morgan fingerprint density at radius 2 is 1.81 bits per heavy atom. The van der Waals surface area contributed by atoms with Gasteiger partial charge in [0.05, 0.1) is 0 Å². The molecular weight excluding hydrogens is 194 g/mol. The van der Waals surface area contributed by atoms with Crippen LogP contribution in [0.15, 0.2) is 35.9 Å². The first-order valence-corrected chi connectivity index (χ1v) is 5.96. The van der Waals surface area contributed by atoms with Crippen LogP contribution in [0, 0.1) is 6.92 Å². The van der Waals surface area contributed by atoms with Gasteiger partial charge < -0.3 is 5.73 Å². The molecule has 0 unspecified atom stereocenters. The molecule has 0 fully saturated rings. The van der Waals surface area contributed by atoms with Crippen molar-refractivity contribution in [3.05, 3.63) is 47.0 Å². The number of hydrogen-bond donors (Lipinski definition) is 1. The molecule has 0 radical (unpaired) electrons. The summed E-state index contributed by atoms with van der Waals surface area (Å²) in [6.45, 7) is 8.54. The average Bonchev–Trinajstić information content (AvgIpc) is 2.16. The fourth-order valence-electron chi connectivity index (χ4n) is 1.94. The molecule has 0 amide bonds. The number of benzene rings is 1. The van der Waals surface area contributed by atoms with Crippen molar-refractivity contribution >= 4 is 0 Å². The van der Waals surface area contributed by atoms with E-state index in [2.05, 4.69) is 58.0 Å². The Morgan fingerprint density at radius 3 is 2.31 bits per heavy atom.